The number of hydrogen-bond acceptors (Lipinski definition) is 8. The zero-order valence-corrected chi connectivity index (χ0v) is 14.4. The first kappa shape index (κ1) is 19.2. The number of hydrogen-bond donors (Lipinski definition) is 2. The number of nitrogens with one attached hydrogen (secondary N) is 1. The van der Waals surface area contributed by atoms with Crippen LogP contribution in [0.15, 0.2) is 17.8 Å². The van der Waals surface area contributed by atoms with Crippen molar-refractivity contribution < 1.29 is 29.0 Å². The van der Waals surface area contributed by atoms with Crippen molar-refractivity contribution in [3.8, 4) is 0 Å². The summed E-state index contributed by atoms with van der Waals surface area (Å²) in [7, 11) is 0.633. The molecule has 2 aliphatic heterocycles. The summed E-state index contributed by atoms with van der Waals surface area (Å²) in [5, 5.41) is 17.2. The first-order valence-corrected chi connectivity index (χ1v) is 8.01. The number of carbonyl (C=O) groups excluding carboxylic acids is 2. The zero-order chi connectivity index (χ0) is 18.4. The van der Waals surface area contributed by atoms with Gasteiger partial charge in [0.25, 0.3) is 0 Å². The zero-order valence-electron chi connectivity index (χ0n) is 14.4. The minimum atomic E-state index is -0.760. The van der Waals surface area contributed by atoms with Crippen molar-refractivity contribution in [1.82, 2.24) is 15.2 Å². The largest absolute Gasteiger partial charge is 0.467 e. The predicted molar refractivity (Wildman–Crippen MR) is 89.5 cm³/mol. The first-order chi connectivity index (χ1) is 12.0. The summed E-state index contributed by atoms with van der Waals surface area (Å²) >= 11 is 0. The molecule has 10 nitrogen and oxygen atoms in total. The molecular weight excluding hydrogens is 331 g/mol. The molecule has 2 fully saturated rings. The van der Waals surface area contributed by atoms with E-state index in [0.717, 1.165) is 0 Å². The van der Waals surface area contributed by atoms with E-state index >= 15 is 0 Å². The highest BCUT2D eigenvalue weighted by atomic mass is 16.7. The van der Waals surface area contributed by atoms with Crippen molar-refractivity contribution in [3.05, 3.63) is 12.7 Å². The van der Waals surface area contributed by atoms with Crippen molar-refractivity contribution >= 4 is 24.8 Å². The third-order valence-corrected chi connectivity index (χ3v) is 3.87. The van der Waals surface area contributed by atoms with Crippen molar-refractivity contribution in [2.45, 2.75) is 25.3 Å². The van der Waals surface area contributed by atoms with E-state index in [1.807, 2.05) is 0 Å². The molecule has 0 aromatic carbocycles. The molecule has 0 radical (unpaired) electrons. The first-order valence-electron chi connectivity index (χ1n) is 8.01. The summed E-state index contributed by atoms with van der Waals surface area (Å²) in [5.74, 6) is -0.513. The van der Waals surface area contributed by atoms with Crippen molar-refractivity contribution in [3.63, 3.8) is 0 Å². The SMILES string of the molecule is C=CCON1C(=O)N2C[C@H]1/C(=N\OCCNB(C)O)C[C@H]2C(=O)OC. The van der Waals surface area contributed by atoms with Gasteiger partial charge in [-0.3, -0.25) is 4.84 Å². The van der Waals surface area contributed by atoms with Crippen molar-refractivity contribution in [2.24, 2.45) is 5.16 Å². The maximum atomic E-state index is 12.5. The van der Waals surface area contributed by atoms with Gasteiger partial charge in [0.15, 0.2) is 0 Å². The Morgan fingerprint density at radius 2 is 2.36 bits per heavy atom. The van der Waals surface area contributed by atoms with Crippen molar-refractivity contribution in [2.75, 3.05) is 33.4 Å². The number of carbonyl (C=O) groups is 2. The number of hydroxylamine groups is 2. The Kier molecular flexibility index (Phi) is 6.79. The maximum absolute atomic E-state index is 12.5. The Labute approximate surface area is 146 Å². The van der Waals surface area contributed by atoms with Gasteiger partial charge in [0, 0.05) is 13.0 Å². The minimum Gasteiger partial charge on any atom is -0.467 e. The van der Waals surface area contributed by atoms with Crippen LogP contribution in [0.4, 0.5) is 4.79 Å². The molecule has 11 heteroatoms. The molecule has 0 unspecified atom stereocenters. The summed E-state index contributed by atoms with van der Waals surface area (Å²) in [6.45, 7) is 6.22. The molecule has 0 saturated carbocycles. The summed E-state index contributed by atoms with van der Waals surface area (Å²) < 4.78 is 4.78. The van der Waals surface area contributed by atoms with Gasteiger partial charge in [-0.15, -0.1) is 6.58 Å². The van der Waals surface area contributed by atoms with E-state index in [9.17, 15) is 9.59 Å². The fraction of sp³-hybridized carbons (Fsp3) is 0.643. The van der Waals surface area contributed by atoms with Gasteiger partial charge >= 0.3 is 19.1 Å². The van der Waals surface area contributed by atoms with E-state index in [0.29, 0.717) is 12.3 Å². The number of esters is 1. The van der Waals surface area contributed by atoms with Crippen LogP contribution in [0.5, 0.6) is 0 Å². The predicted octanol–water partition coefficient (Wildman–Crippen LogP) is -0.772. The van der Waals surface area contributed by atoms with Crippen LogP contribution in [0.25, 0.3) is 0 Å². The van der Waals surface area contributed by atoms with E-state index in [1.165, 1.54) is 23.1 Å². The van der Waals surface area contributed by atoms with Crippen LogP contribution in [0.3, 0.4) is 0 Å². The lowest BCUT2D eigenvalue weighted by Crippen LogP contribution is -2.49. The molecule has 0 aromatic rings. The topological polar surface area (TPSA) is 113 Å². The van der Waals surface area contributed by atoms with Crippen LogP contribution in [-0.4, -0.2) is 85.2 Å². The van der Waals surface area contributed by atoms with Gasteiger partial charge in [-0.2, -0.15) is 5.06 Å². The molecular formula is C14H23BN4O6. The summed E-state index contributed by atoms with van der Waals surface area (Å²) in [6, 6.07) is -1.61. The lowest BCUT2D eigenvalue weighted by Gasteiger charge is -2.29. The van der Waals surface area contributed by atoms with Gasteiger partial charge in [-0.05, 0) is 6.82 Å². The summed E-state index contributed by atoms with van der Waals surface area (Å²) in [4.78, 5) is 36.5. The molecule has 2 aliphatic rings. The van der Waals surface area contributed by atoms with Gasteiger partial charge in [-0.25, -0.2) is 9.59 Å². The monoisotopic (exact) mass is 354 g/mol. The van der Waals surface area contributed by atoms with Crippen LogP contribution in [0, 0.1) is 0 Å². The van der Waals surface area contributed by atoms with Crippen molar-refractivity contribution in [1.29, 1.82) is 0 Å². The molecule has 138 valence electrons. The third kappa shape index (κ3) is 4.50. The van der Waals surface area contributed by atoms with Gasteiger partial charge in [0.05, 0.1) is 26.0 Å². The van der Waals surface area contributed by atoms with Crippen LogP contribution in [-0.2, 0) is 19.2 Å². The number of piperidine rings is 1. The van der Waals surface area contributed by atoms with Gasteiger partial charge in [-0.1, -0.05) is 11.2 Å². The number of oxime groups is 1. The Balaban J connectivity index is 2.09. The van der Waals surface area contributed by atoms with E-state index in [4.69, 9.17) is 19.4 Å². The van der Waals surface area contributed by atoms with Crippen LogP contribution in [0.2, 0.25) is 6.82 Å². The van der Waals surface area contributed by atoms with Crippen LogP contribution < -0.4 is 5.23 Å². The van der Waals surface area contributed by atoms with Gasteiger partial charge in [0.2, 0.25) is 0 Å². The summed E-state index contributed by atoms with van der Waals surface area (Å²) in [5.41, 5.74) is 0.526. The van der Waals surface area contributed by atoms with Crippen LogP contribution >= 0.6 is 0 Å². The lowest BCUT2D eigenvalue weighted by molar-refractivity contribution is -0.145. The maximum Gasteiger partial charge on any atom is 0.373 e. The second kappa shape index (κ2) is 8.83. The lowest BCUT2D eigenvalue weighted by atomic mass is 9.89. The highest BCUT2D eigenvalue weighted by Crippen LogP contribution is 2.29. The minimum absolute atomic E-state index is 0.158. The number of urea groups is 1. The number of ether oxygens (including phenoxy) is 1. The average Bonchev–Trinajstić information content (AvgIpc) is 2.86. The fourth-order valence-corrected chi connectivity index (χ4v) is 2.71. The molecule has 2 rings (SSSR count). The van der Waals surface area contributed by atoms with E-state index < -0.39 is 31.1 Å². The number of fused-ring (bicyclic) bond motifs is 2. The molecule has 2 atom stereocenters. The van der Waals surface area contributed by atoms with E-state index in [-0.39, 0.29) is 26.2 Å². The van der Waals surface area contributed by atoms with Crippen LogP contribution in [0.1, 0.15) is 6.42 Å². The fourth-order valence-electron chi connectivity index (χ4n) is 2.71. The third-order valence-electron chi connectivity index (χ3n) is 3.87. The standard InChI is InChI=1S/C14H23BN4O6/c1-4-6-25-19-12-9-18(14(19)21)11(13(20)23-3)8-10(12)17-24-7-5-16-15(2)22/h4,11-12,16,22H,1,5-9H2,2-3H3/b17-10-/t11-,12-/m0/s1. The van der Waals surface area contributed by atoms with E-state index in [1.54, 1.807) is 6.82 Å². The molecule has 2 saturated heterocycles. The Morgan fingerprint density at radius 3 is 3.00 bits per heavy atom. The molecule has 2 heterocycles. The Bertz CT molecular complexity index is 543. The molecule has 25 heavy (non-hydrogen) atoms. The Morgan fingerprint density at radius 1 is 1.60 bits per heavy atom. The molecule has 2 N–H and O–H groups in total. The second-order valence-electron chi connectivity index (χ2n) is 5.65. The second-order valence-corrected chi connectivity index (χ2v) is 5.65. The molecule has 0 spiro atoms. The number of amides is 2. The quantitative estimate of drug-likeness (QED) is 0.184. The number of nitrogens with zero attached hydrogens (tertiary/aromatic N) is 3. The highest BCUT2D eigenvalue weighted by Gasteiger charge is 2.51. The Hall–Kier alpha value is -2.11. The smallest absolute Gasteiger partial charge is 0.373 e. The average molecular weight is 354 g/mol. The number of rotatable bonds is 9. The van der Waals surface area contributed by atoms with Gasteiger partial charge < -0.3 is 24.7 Å². The molecule has 2 amide bonds. The normalized spacial score (nSPS) is 23.8. The molecule has 0 aliphatic carbocycles. The summed E-state index contributed by atoms with van der Waals surface area (Å²) in [6.07, 6.45) is 1.73. The number of methoxy groups -OCH3 is 1. The molecule has 2 bridgehead atoms. The van der Waals surface area contributed by atoms with E-state index in [2.05, 4.69) is 17.0 Å². The highest BCUT2D eigenvalue weighted by molar-refractivity contribution is 6.45. The van der Waals surface area contributed by atoms with Gasteiger partial charge in [0.1, 0.15) is 18.7 Å². The molecule has 0 aromatic heterocycles.